The minimum Gasteiger partial charge on any atom is -0.497 e. The van der Waals surface area contributed by atoms with E-state index in [2.05, 4.69) is 41.7 Å². The van der Waals surface area contributed by atoms with Crippen LogP contribution in [-0.2, 0) is 11.0 Å². The molecule has 0 saturated carbocycles. The Morgan fingerprint density at radius 2 is 1.23 bits per heavy atom. The van der Waals surface area contributed by atoms with Gasteiger partial charge in [-0.3, -0.25) is 4.79 Å². The lowest BCUT2D eigenvalue weighted by atomic mass is 10.2. The van der Waals surface area contributed by atoms with Gasteiger partial charge < -0.3 is 10.1 Å². The highest BCUT2D eigenvalue weighted by Crippen LogP contribution is 2.59. The van der Waals surface area contributed by atoms with Gasteiger partial charge in [-0.15, -0.1) is 0 Å². The zero-order chi connectivity index (χ0) is 24.9. The lowest BCUT2D eigenvalue weighted by Crippen LogP contribution is -2.33. The van der Waals surface area contributed by atoms with Crippen LogP contribution in [0.1, 0.15) is 5.56 Å². The molecule has 4 aromatic carbocycles. The van der Waals surface area contributed by atoms with Gasteiger partial charge in [0, 0.05) is 11.6 Å². The third-order valence-electron chi connectivity index (χ3n) is 5.82. The van der Waals surface area contributed by atoms with Crippen molar-refractivity contribution in [1.29, 1.82) is 0 Å². The van der Waals surface area contributed by atoms with E-state index in [0.717, 1.165) is 15.9 Å². The fourth-order valence-corrected chi connectivity index (χ4v) is 8.43. The maximum absolute atomic E-state index is 13.1. The Balaban J connectivity index is 1.95. The molecule has 1 amide bonds. The minimum atomic E-state index is -5.01. The Labute approximate surface area is 202 Å². The standard InChI is InChI=1S/C28H23F3NO2P/c1-34-22-18-17-21(26(19-22)32-27(33)28(29,30)31)20-35(23-11-5-2-6-12-23,24-13-7-3-8-14-24)25-15-9-4-10-16-25/h2-19H,20H2,1H3/p+1. The van der Waals surface area contributed by atoms with Crippen LogP contribution in [0.2, 0.25) is 0 Å². The molecule has 0 spiro atoms. The summed E-state index contributed by atoms with van der Waals surface area (Å²) in [5.74, 6) is -1.66. The van der Waals surface area contributed by atoms with Crippen molar-refractivity contribution in [2.24, 2.45) is 0 Å². The number of anilines is 1. The predicted octanol–water partition coefficient (Wildman–Crippen LogP) is 5.69. The van der Waals surface area contributed by atoms with Gasteiger partial charge in [0.2, 0.25) is 0 Å². The third-order valence-corrected chi connectivity index (χ3v) is 10.2. The molecule has 0 saturated heterocycles. The van der Waals surface area contributed by atoms with E-state index in [1.807, 2.05) is 54.6 Å². The van der Waals surface area contributed by atoms with E-state index in [1.54, 1.807) is 12.1 Å². The number of methoxy groups -OCH3 is 1. The second-order valence-corrected chi connectivity index (χ2v) is 11.4. The molecule has 4 aromatic rings. The molecular weight excluding hydrogens is 470 g/mol. The van der Waals surface area contributed by atoms with Crippen molar-refractivity contribution < 1.29 is 22.7 Å². The summed E-state index contributed by atoms with van der Waals surface area (Å²) in [7, 11) is -0.953. The Kier molecular flexibility index (Phi) is 7.23. The van der Waals surface area contributed by atoms with E-state index in [-0.39, 0.29) is 5.69 Å². The number of nitrogens with one attached hydrogen (secondary N) is 1. The second kappa shape index (κ2) is 10.3. The second-order valence-electron chi connectivity index (χ2n) is 7.95. The van der Waals surface area contributed by atoms with Crippen LogP contribution in [0.15, 0.2) is 109 Å². The highest BCUT2D eigenvalue weighted by Gasteiger charge is 2.46. The van der Waals surface area contributed by atoms with Crippen LogP contribution in [0.25, 0.3) is 0 Å². The lowest BCUT2D eigenvalue weighted by molar-refractivity contribution is -0.167. The van der Waals surface area contributed by atoms with Crippen molar-refractivity contribution >= 4 is 34.8 Å². The van der Waals surface area contributed by atoms with Crippen LogP contribution in [-0.4, -0.2) is 19.2 Å². The lowest BCUT2D eigenvalue weighted by Gasteiger charge is -2.28. The van der Waals surface area contributed by atoms with E-state index >= 15 is 0 Å². The topological polar surface area (TPSA) is 38.3 Å². The molecule has 0 aliphatic carbocycles. The number of alkyl halides is 3. The molecular formula is C28H24F3NO2P+. The van der Waals surface area contributed by atoms with Gasteiger partial charge in [0.15, 0.2) is 0 Å². The first kappa shape index (κ1) is 24.5. The summed E-state index contributed by atoms with van der Waals surface area (Å²) in [6, 6.07) is 34.9. The van der Waals surface area contributed by atoms with Crippen molar-refractivity contribution in [3.63, 3.8) is 0 Å². The number of amides is 1. The molecule has 7 heteroatoms. The van der Waals surface area contributed by atoms with E-state index < -0.39 is 19.3 Å². The Bertz CT molecular complexity index is 1180. The largest absolute Gasteiger partial charge is 0.497 e. The van der Waals surface area contributed by atoms with Crippen LogP contribution in [0.5, 0.6) is 5.75 Å². The average molecular weight is 494 g/mol. The zero-order valence-electron chi connectivity index (χ0n) is 19.0. The molecule has 4 rings (SSSR count). The molecule has 0 bridgehead atoms. The van der Waals surface area contributed by atoms with Gasteiger partial charge in [0.1, 0.15) is 35.1 Å². The van der Waals surface area contributed by atoms with Crippen molar-refractivity contribution in [3.05, 3.63) is 115 Å². The summed E-state index contributed by atoms with van der Waals surface area (Å²) in [6.07, 6.45) is -4.60. The molecule has 0 aliphatic heterocycles. The van der Waals surface area contributed by atoms with Crippen LogP contribution in [0, 0.1) is 0 Å². The van der Waals surface area contributed by atoms with Gasteiger partial charge >= 0.3 is 12.1 Å². The van der Waals surface area contributed by atoms with Crippen LogP contribution < -0.4 is 26.0 Å². The van der Waals surface area contributed by atoms with Gasteiger partial charge in [0.05, 0.1) is 12.8 Å². The molecule has 0 aliphatic rings. The Morgan fingerprint density at radius 3 is 1.63 bits per heavy atom. The van der Waals surface area contributed by atoms with Crippen LogP contribution in [0.3, 0.4) is 0 Å². The SMILES string of the molecule is COc1ccc(C[P+](c2ccccc2)(c2ccccc2)c2ccccc2)c(NC(=O)C(F)(F)F)c1. The molecule has 178 valence electrons. The summed E-state index contributed by atoms with van der Waals surface area (Å²) >= 11 is 0. The van der Waals surface area contributed by atoms with E-state index in [1.165, 1.54) is 13.2 Å². The number of benzene rings is 4. The zero-order valence-corrected chi connectivity index (χ0v) is 19.9. The summed E-state index contributed by atoms with van der Waals surface area (Å²) in [5, 5.41) is 5.33. The monoisotopic (exact) mass is 494 g/mol. The molecule has 0 fully saturated rings. The first-order valence-electron chi connectivity index (χ1n) is 10.9. The van der Waals surface area contributed by atoms with Gasteiger partial charge in [-0.25, -0.2) is 0 Å². The number of rotatable bonds is 7. The molecule has 35 heavy (non-hydrogen) atoms. The molecule has 0 atom stereocenters. The highest BCUT2D eigenvalue weighted by atomic mass is 31.2. The van der Waals surface area contributed by atoms with Gasteiger partial charge in [0.25, 0.3) is 0 Å². The Morgan fingerprint density at radius 1 is 0.771 bits per heavy atom. The van der Waals surface area contributed by atoms with Crippen molar-refractivity contribution in [1.82, 2.24) is 0 Å². The van der Waals surface area contributed by atoms with Crippen LogP contribution in [0.4, 0.5) is 18.9 Å². The summed E-state index contributed by atoms with van der Waals surface area (Å²) in [5.41, 5.74) is 0.673. The maximum atomic E-state index is 13.1. The maximum Gasteiger partial charge on any atom is 0.471 e. The van der Waals surface area contributed by atoms with Crippen molar-refractivity contribution in [3.8, 4) is 5.75 Å². The fourth-order valence-electron chi connectivity index (χ4n) is 4.15. The molecule has 0 aromatic heterocycles. The van der Waals surface area contributed by atoms with Gasteiger partial charge in [-0.05, 0) is 48.5 Å². The van der Waals surface area contributed by atoms with Crippen molar-refractivity contribution in [2.75, 3.05) is 12.4 Å². The average Bonchev–Trinajstić information content (AvgIpc) is 2.89. The van der Waals surface area contributed by atoms with Gasteiger partial charge in [-0.1, -0.05) is 54.6 Å². The third kappa shape index (κ3) is 5.23. The molecule has 0 heterocycles. The van der Waals surface area contributed by atoms with E-state index in [9.17, 15) is 18.0 Å². The predicted molar refractivity (Wildman–Crippen MR) is 137 cm³/mol. The number of halogens is 3. The summed E-state index contributed by atoms with van der Waals surface area (Å²) in [6.45, 7) is 0. The molecule has 3 nitrogen and oxygen atoms in total. The Hall–Kier alpha value is -3.63. The fraction of sp³-hybridized carbons (Fsp3) is 0.107. The van der Waals surface area contributed by atoms with Crippen molar-refractivity contribution in [2.45, 2.75) is 12.3 Å². The number of carbonyl (C=O) groups excluding carboxylic acids is 1. The molecule has 0 unspecified atom stereocenters. The van der Waals surface area contributed by atoms with Crippen LogP contribution >= 0.6 is 7.26 Å². The normalized spacial score (nSPS) is 11.7. The van der Waals surface area contributed by atoms with Gasteiger partial charge in [-0.2, -0.15) is 13.2 Å². The molecule has 0 radical (unpaired) electrons. The number of hydrogen-bond acceptors (Lipinski definition) is 2. The minimum absolute atomic E-state index is 0.0823. The van der Waals surface area contributed by atoms with E-state index in [4.69, 9.17) is 4.74 Å². The summed E-state index contributed by atoms with van der Waals surface area (Å²) < 4.78 is 44.7. The first-order valence-corrected chi connectivity index (χ1v) is 12.9. The van der Waals surface area contributed by atoms with E-state index in [0.29, 0.717) is 17.5 Å². The quantitative estimate of drug-likeness (QED) is 0.335. The smallest absolute Gasteiger partial charge is 0.471 e. The number of hydrogen-bond donors (Lipinski definition) is 1. The number of carbonyl (C=O) groups is 1. The summed E-state index contributed by atoms with van der Waals surface area (Å²) in [4.78, 5) is 11.9. The highest BCUT2D eigenvalue weighted by molar-refractivity contribution is 7.95. The first-order chi connectivity index (χ1) is 16.8. The molecule has 1 N–H and O–H groups in total. The number of ether oxygens (including phenoxy) is 1.